The highest BCUT2D eigenvalue weighted by atomic mass is 19.1. The monoisotopic (exact) mass is 452 g/mol. The van der Waals surface area contributed by atoms with Crippen molar-refractivity contribution in [2.75, 3.05) is 25.0 Å². The molecule has 0 spiro atoms. The second-order valence-corrected chi connectivity index (χ2v) is 9.07. The molecule has 0 saturated carbocycles. The van der Waals surface area contributed by atoms with Crippen LogP contribution in [-0.4, -0.2) is 30.4 Å². The lowest BCUT2D eigenvalue weighted by Gasteiger charge is -2.22. The summed E-state index contributed by atoms with van der Waals surface area (Å²) in [5.41, 5.74) is 3.22. The number of halogens is 1. The molecule has 2 aromatic carbocycles. The van der Waals surface area contributed by atoms with Crippen LogP contribution in [0.4, 0.5) is 10.1 Å². The van der Waals surface area contributed by atoms with Gasteiger partial charge in [-0.2, -0.15) is 0 Å². The molecule has 0 radical (unpaired) electrons. The van der Waals surface area contributed by atoms with E-state index in [0.717, 1.165) is 42.8 Å². The van der Waals surface area contributed by atoms with Crippen molar-refractivity contribution in [1.29, 1.82) is 0 Å². The third kappa shape index (κ3) is 6.67. The molecule has 0 bridgehead atoms. The van der Waals surface area contributed by atoms with E-state index in [1.54, 1.807) is 0 Å². The Morgan fingerprint density at radius 1 is 1.00 bits per heavy atom. The minimum absolute atomic E-state index is 0.256. The van der Waals surface area contributed by atoms with Gasteiger partial charge in [0.1, 0.15) is 17.2 Å². The second kappa shape index (κ2) is 12.0. The van der Waals surface area contributed by atoms with Crippen molar-refractivity contribution in [2.45, 2.75) is 65.7 Å². The van der Waals surface area contributed by atoms with Crippen LogP contribution in [0.15, 0.2) is 46.9 Å². The Morgan fingerprint density at radius 3 is 2.27 bits per heavy atom. The van der Waals surface area contributed by atoms with E-state index in [9.17, 15) is 9.18 Å². The SMILES string of the molecule is CCCCN(CCCC)CCc1c(C(C)C)oc2ccc(NC(=O)c3ccc(F)cc3)cc12. The highest BCUT2D eigenvalue weighted by Crippen LogP contribution is 2.33. The van der Waals surface area contributed by atoms with E-state index in [1.165, 1.54) is 55.5 Å². The van der Waals surface area contributed by atoms with Crippen molar-refractivity contribution >= 4 is 22.6 Å². The number of furan rings is 1. The highest BCUT2D eigenvalue weighted by Gasteiger charge is 2.19. The molecular formula is C28H37FN2O2. The number of amides is 1. The van der Waals surface area contributed by atoms with Gasteiger partial charge in [-0.1, -0.05) is 40.5 Å². The average Bonchev–Trinajstić information content (AvgIpc) is 3.17. The summed E-state index contributed by atoms with van der Waals surface area (Å²) in [6, 6.07) is 11.4. The lowest BCUT2D eigenvalue weighted by molar-refractivity contribution is 0.102. The van der Waals surface area contributed by atoms with Crippen LogP contribution in [0, 0.1) is 5.82 Å². The van der Waals surface area contributed by atoms with E-state index in [2.05, 4.69) is 37.9 Å². The second-order valence-electron chi connectivity index (χ2n) is 9.07. The molecule has 5 heteroatoms. The zero-order valence-corrected chi connectivity index (χ0v) is 20.4. The number of nitrogens with one attached hydrogen (secondary N) is 1. The highest BCUT2D eigenvalue weighted by molar-refractivity contribution is 6.05. The molecule has 0 saturated heterocycles. The Balaban J connectivity index is 1.83. The maximum absolute atomic E-state index is 13.2. The molecule has 1 N–H and O–H groups in total. The molecule has 0 fully saturated rings. The van der Waals surface area contributed by atoms with E-state index in [-0.39, 0.29) is 17.6 Å². The van der Waals surface area contributed by atoms with Crippen LogP contribution in [0.2, 0.25) is 0 Å². The topological polar surface area (TPSA) is 45.5 Å². The Morgan fingerprint density at radius 2 is 1.67 bits per heavy atom. The molecule has 178 valence electrons. The van der Waals surface area contributed by atoms with Crippen LogP contribution in [0.25, 0.3) is 11.0 Å². The summed E-state index contributed by atoms with van der Waals surface area (Å²) in [5, 5.41) is 4.00. The van der Waals surface area contributed by atoms with E-state index in [1.807, 2.05) is 18.2 Å². The molecular weight excluding hydrogens is 415 g/mol. The van der Waals surface area contributed by atoms with Gasteiger partial charge < -0.3 is 14.6 Å². The van der Waals surface area contributed by atoms with Gasteiger partial charge in [-0.3, -0.25) is 4.79 Å². The van der Waals surface area contributed by atoms with Crippen molar-refractivity contribution in [3.8, 4) is 0 Å². The van der Waals surface area contributed by atoms with Gasteiger partial charge in [0, 0.05) is 34.7 Å². The summed E-state index contributed by atoms with van der Waals surface area (Å²) in [4.78, 5) is 15.2. The molecule has 4 nitrogen and oxygen atoms in total. The lowest BCUT2D eigenvalue weighted by atomic mass is 10.0. The Kier molecular flexibility index (Phi) is 9.07. The smallest absolute Gasteiger partial charge is 0.255 e. The van der Waals surface area contributed by atoms with Gasteiger partial charge in [-0.15, -0.1) is 0 Å². The number of nitrogens with zero attached hydrogens (tertiary/aromatic N) is 1. The zero-order valence-electron chi connectivity index (χ0n) is 20.4. The zero-order chi connectivity index (χ0) is 23.8. The van der Waals surface area contributed by atoms with Gasteiger partial charge in [-0.05, 0) is 74.8 Å². The molecule has 0 aliphatic heterocycles. The summed E-state index contributed by atoms with van der Waals surface area (Å²) < 4.78 is 19.4. The van der Waals surface area contributed by atoms with Crippen LogP contribution < -0.4 is 5.32 Å². The van der Waals surface area contributed by atoms with Gasteiger partial charge >= 0.3 is 0 Å². The number of hydrogen-bond donors (Lipinski definition) is 1. The molecule has 0 atom stereocenters. The first-order valence-corrected chi connectivity index (χ1v) is 12.3. The first kappa shape index (κ1) is 25.0. The molecule has 0 aliphatic rings. The van der Waals surface area contributed by atoms with Gasteiger partial charge in [0.05, 0.1) is 0 Å². The molecule has 1 amide bonds. The van der Waals surface area contributed by atoms with Gasteiger partial charge in [0.2, 0.25) is 0 Å². The van der Waals surface area contributed by atoms with E-state index < -0.39 is 0 Å². The van der Waals surface area contributed by atoms with Crippen LogP contribution in [-0.2, 0) is 6.42 Å². The predicted molar refractivity (Wildman–Crippen MR) is 135 cm³/mol. The van der Waals surface area contributed by atoms with E-state index in [4.69, 9.17) is 4.42 Å². The summed E-state index contributed by atoms with van der Waals surface area (Å²) in [6.07, 6.45) is 5.75. The van der Waals surface area contributed by atoms with Crippen LogP contribution in [0.5, 0.6) is 0 Å². The minimum atomic E-state index is -0.357. The number of rotatable bonds is 12. The number of benzene rings is 2. The number of carbonyl (C=O) groups is 1. The standard InChI is InChI=1S/C28H37FN2O2/c1-5-7-16-31(17-8-6-2)18-15-24-25-19-23(13-14-26(25)33-27(24)20(3)4)30-28(32)21-9-11-22(29)12-10-21/h9-14,19-20H,5-8,15-18H2,1-4H3,(H,30,32). The predicted octanol–water partition coefficient (Wildman–Crippen LogP) is 7.39. The number of hydrogen-bond acceptors (Lipinski definition) is 3. The van der Waals surface area contributed by atoms with Gasteiger partial charge in [-0.25, -0.2) is 4.39 Å². The first-order valence-electron chi connectivity index (χ1n) is 12.3. The van der Waals surface area contributed by atoms with Crippen molar-refractivity contribution in [3.05, 3.63) is 65.2 Å². The summed E-state index contributed by atoms with van der Waals surface area (Å²) in [6.45, 7) is 12.0. The van der Waals surface area contributed by atoms with Crippen molar-refractivity contribution in [1.82, 2.24) is 4.90 Å². The summed E-state index contributed by atoms with van der Waals surface area (Å²) >= 11 is 0. The molecule has 1 aromatic heterocycles. The molecule has 3 rings (SSSR count). The third-order valence-electron chi connectivity index (χ3n) is 6.04. The fourth-order valence-electron chi connectivity index (χ4n) is 4.14. The van der Waals surface area contributed by atoms with Crippen molar-refractivity contribution < 1.29 is 13.6 Å². The molecule has 33 heavy (non-hydrogen) atoms. The molecule has 3 aromatic rings. The molecule has 0 aliphatic carbocycles. The Labute approximate surface area is 197 Å². The summed E-state index contributed by atoms with van der Waals surface area (Å²) in [5.74, 6) is 0.695. The maximum Gasteiger partial charge on any atom is 0.255 e. The fourth-order valence-corrected chi connectivity index (χ4v) is 4.14. The number of anilines is 1. The van der Waals surface area contributed by atoms with E-state index >= 15 is 0 Å². The van der Waals surface area contributed by atoms with Crippen LogP contribution in [0.3, 0.4) is 0 Å². The maximum atomic E-state index is 13.2. The number of unbranched alkanes of at least 4 members (excludes halogenated alkanes) is 2. The third-order valence-corrected chi connectivity index (χ3v) is 6.04. The van der Waals surface area contributed by atoms with Crippen molar-refractivity contribution in [3.63, 3.8) is 0 Å². The first-order chi connectivity index (χ1) is 15.9. The fraction of sp³-hybridized carbons (Fsp3) is 0.464. The van der Waals surface area contributed by atoms with Crippen molar-refractivity contribution in [2.24, 2.45) is 0 Å². The summed E-state index contributed by atoms with van der Waals surface area (Å²) in [7, 11) is 0. The Hall–Kier alpha value is -2.66. The largest absolute Gasteiger partial charge is 0.461 e. The number of fused-ring (bicyclic) bond motifs is 1. The van der Waals surface area contributed by atoms with Gasteiger partial charge in [0.25, 0.3) is 5.91 Å². The molecule has 0 unspecified atom stereocenters. The van der Waals surface area contributed by atoms with Gasteiger partial charge in [0.15, 0.2) is 0 Å². The minimum Gasteiger partial charge on any atom is -0.461 e. The quantitative estimate of drug-likeness (QED) is 0.311. The van der Waals surface area contributed by atoms with Crippen LogP contribution >= 0.6 is 0 Å². The lowest BCUT2D eigenvalue weighted by Crippen LogP contribution is -2.28. The van der Waals surface area contributed by atoms with Crippen LogP contribution in [0.1, 0.15) is 81.0 Å². The van der Waals surface area contributed by atoms with E-state index in [0.29, 0.717) is 11.3 Å². The number of carbonyl (C=O) groups excluding carboxylic acids is 1. The molecule has 1 heterocycles. The Bertz CT molecular complexity index is 1030. The average molecular weight is 453 g/mol. The normalized spacial score (nSPS) is 11.6.